The van der Waals surface area contributed by atoms with E-state index in [9.17, 15) is 5.11 Å². The van der Waals surface area contributed by atoms with Crippen molar-refractivity contribution < 1.29 is 14.6 Å². The molecule has 5 aliphatic heterocycles. The molecule has 0 aromatic carbocycles. The van der Waals surface area contributed by atoms with E-state index < -0.39 is 5.60 Å². The molecule has 5 heterocycles. The van der Waals surface area contributed by atoms with Crippen LogP contribution in [-0.4, -0.2) is 148 Å². The molecule has 0 amide bonds. The van der Waals surface area contributed by atoms with Crippen molar-refractivity contribution >= 4 is 0 Å². The predicted molar refractivity (Wildman–Crippen MR) is 177 cm³/mol. The van der Waals surface area contributed by atoms with Gasteiger partial charge >= 0.3 is 0 Å². The van der Waals surface area contributed by atoms with Crippen LogP contribution in [0.2, 0.25) is 0 Å². The molecular formula is C33H71N5O3. The molecule has 0 aromatic heterocycles. The molecule has 0 bridgehead atoms. The molecule has 41 heavy (non-hydrogen) atoms. The van der Waals surface area contributed by atoms with Gasteiger partial charge in [-0.3, -0.25) is 0 Å². The fraction of sp³-hybridized carbons (Fsp3) is 0.939. The summed E-state index contributed by atoms with van der Waals surface area (Å²) in [6, 6.07) is 0. The summed E-state index contributed by atoms with van der Waals surface area (Å²) in [4.78, 5) is 9.38. The Hall–Kier alpha value is -0.580. The molecule has 8 nitrogen and oxygen atoms in total. The third-order valence-corrected chi connectivity index (χ3v) is 8.49. The molecule has 5 saturated heterocycles. The van der Waals surface area contributed by atoms with Crippen molar-refractivity contribution in [2.45, 2.75) is 103 Å². The zero-order valence-electron chi connectivity index (χ0n) is 29.2. The number of likely N-dealkylation sites (tertiary alicyclic amines) is 3. The fourth-order valence-corrected chi connectivity index (χ4v) is 5.64. The Morgan fingerprint density at radius 3 is 1.49 bits per heavy atom. The summed E-state index contributed by atoms with van der Waals surface area (Å²) in [5.41, 5.74) is 0.0200. The van der Waals surface area contributed by atoms with Crippen molar-refractivity contribution in [2.24, 2.45) is 0 Å². The zero-order valence-corrected chi connectivity index (χ0v) is 29.2. The first-order valence-corrected chi connectivity index (χ1v) is 16.7. The second-order valence-corrected chi connectivity index (χ2v) is 11.9. The Kier molecular flexibility index (Phi) is 20.9. The molecule has 5 rings (SSSR count). The van der Waals surface area contributed by atoms with Crippen LogP contribution in [0.4, 0.5) is 0 Å². The number of epoxide rings is 1. The molecule has 246 valence electrons. The van der Waals surface area contributed by atoms with Gasteiger partial charge in [-0.1, -0.05) is 47.6 Å². The summed E-state index contributed by atoms with van der Waals surface area (Å²) in [6.45, 7) is 26.4. The minimum Gasteiger partial charge on any atom is -0.388 e. The van der Waals surface area contributed by atoms with Crippen molar-refractivity contribution in [1.29, 1.82) is 0 Å². The summed E-state index contributed by atoms with van der Waals surface area (Å²) in [6.07, 6.45) is 8.75. The summed E-state index contributed by atoms with van der Waals surface area (Å²) in [5.74, 6) is 0. The van der Waals surface area contributed by atoms with Gasteiger partial charge in [-0.05, 0) is 73.8 Å². The van der Waals surface area contributed by atoms with Crippen LogP contribution in [0.25, 0.3) is 0 Å². The largest absolute Gasteiger partial charge is 0.388 e. The molecule has 8 heteroatoms. The van der Waals surface area contributed by atoms with Gasteiger partial charge in [0.25, 0.3) is 0 Å². The molecule has 5 fully saturated rings. The fourth-order valence-electron chi connectivity index (χ4n) is 5.64. The van der Waals surface area contributed by atoms with E-state index in [0.717, 1.165) is 78.1 Å². The summed E-state index contributed by atoms with van der Waals surface area (Å²) in [7, 11) is 10.5. The number of likely N-dealkylation sites (N-methyl/N-ethyl adjacent to an activating group) is 2. The van der Waals surface area contributed by atoms with E-state index in [1.54, 1.807) is 0 Å². The van der Waals surface area contributed by atoms with Gasteiger partial charge in [-0.2, -0.15) is 0 Å². The van der Waals surface area contributed by atoms with Crippen LogP contribution in [0, 0.1) is 0 Å². The molecule has 0 saturated carbocycles. The third kappa shape index (κ3) is 15.1. The standard InChI is InChI=1S/C12H22N2O.C8H18N2O.C7H13NO.3C2H6/c1-4-11-9-14(3)10-12(15-11)5-7-13(2)8-6-12;1-9-7-8(11)3-5-10(2)6-4-8;1-8-4-2-7(3-5-8)6-9-7;3*1-2/h4,11H,1,5-10H2,2-3H3;9,11H,3-7H2,1-2H3;2-6H2,1H3;3*1-2H3. The molecule has 2 spiro atoms. The highest BCUT2D eigenvalue weighted by atomic mass is 16.6. The monoisotopic (exact) mass is 586 g/mol. The number of hydrogen-bond donors (Lipinski definition) is 2. The van der Waals surface area contributed by atoms with Crippen molar-refractivity contribution in [3.63, 3.8) is 0 Å². The van der Waals surface area contributed by atoms with E-state index in [1.165, 1.54) is 25.9 Å². The molecule has 2 N–H and O–H groups in total. The van der Waals surface area contributed by atoms with Crippen LogP contribution >= 0.6 is 0 Å². The van der Waals surface area contributed by atoms with Crippen LogP contribution in [0.3, 0.4) is 0 Å². The maximum atomic E-state index is 9.90. The lowest BCUT2D eigenvalue weighted by Gasteiger charge is -2.48. The Morgan fingerprint density at radius 2 is 1.12 bits per heavy atom. The van der Waals surface area contributed by atoms with E-state index >= 15 is 0 Å². The lowest BCUT2D eigenvalue weighted by molar-refractivity contribution is -0.154. The summed E-state index contributed by atoms with van der Waals surface area (Å²) in [5, 5.41) is 12.9. The molecule has 0 aromatic rings. The average Bonchev–Trinajstić information content (AvgIpc) is 3.77. The average molecular weight is 586 g/mol. The maximum absolute atomic E-state index is 9.90. The van der Waals surface area contributed by atoms with E-state index in [1.807, 2.05) is 54.7 Å². The van der Waals surface area contributed by atoms with Crippen molar-refractivity contribution in [2.75, 3.05) is 101 Å². The van der Waals surface area contributed by atoms with Crippen molar-refractivity contribution in [3.05, 3.63) is 12.7 Å². The predicted octanol–water partition coefficient (Wildman–Crippen LogP) is 4.19. The van der Waals surface area contributed by atoms with Gasteiger partial charge < -0.3 is 39.5 Å². The van der Waals surface area contributed by atoms with Crippen LogP contribution in [0.15, 0.2) is 12.7 Å². The number of nitrogens with zero attached hydrogens (tertiary/aromatic N) is 4. The topological polar surface area (TPSA) is 67.0 Å². The molecule has 1 unspecified atom stereocenters. The number of nitrogens with one attached hydrogen (secondary N) is 1. The van der Waals surface area contributed by atoms with E-state index in [0.29, 0.717) is 5.60 Å². The smallest absolute Gasteiger partial charge is 0.0940 e. The number of morpholine rings is 1. The van der Waals surface area contributed by atoms with Gasteiger partial charge in [-0.15, -0.1) is 6.58 Å². The first kappa shape index (κ1) is 40.4. The van der Waals surface area contributed by atoms with Crippen LogP contribution in [0.5, 0.6) is 0 Å². The van der Waals surface area contributed by atoms with Crippen LogP contribution < -0.4 is 5.32 Å². The van der Waals surface area contributed by atoms with Crippen LogP contribution in [0.1, 0.15) is 80.1 Å². The van der Waals surface area contributed by atoms with E-state index in [-0.39, 0.29) is 11.7 Å². The lowest BCUT2D eigenvalue weighted by Crippen LogP contribution is -2.57. The Morgan fingerprint density at radius 1 is 0.732 bits per heavy atom. The normalized spacial score (nSPS) is 26.6. The highest BCUT2D eigenvalue weighted by molar-refractivity contribution is 4.98. The Labute approximate surface area is 255 Å². The van der Waals surface area contributed by atoms with Gasteiger partial charge in [0.1, 0.15) is 0 Å². The maximum Gasteiger partial charge on any atom is 0.0940 e. The Bertz CT molecular complexity index is 635. The molecule has 1 atom stereocenters. The van der Waals surface area contributed by atoms with Gasteiger partial charge in [0.15, 0.2) is 0 Å². The second kappa shape index (κ2) is 21.2. The zero-order chi connectivity index (χ0) is 31.5. The number of rotatable bonds is 3. The SMILES string of the molecule is C=CC1CN(C)CC2(CCN(C)CC2)O1.CC.CC.CC.CN1CCC2(CC1)CO2.CNCC1(O)CCN(C)CC1. The highest BCUT2D eigenvalue weighted by Crippen LogP contribution is 2.37. The van der Waals surface area contributed by atoms with E-state index in [2.05, 4.69) is 59.7 Å². The van der Waals surface area contributed by atoms with Crippen molar-refractivity contribution in [3.8, 4) is 0 Å². The van der Waals surface area contributed by atoms with Crippen LogP contribution in [-0.2, 0) is 9.47 Å². The quantitative estimate of drug-likeness (QED) is 0.378. The van der Waals surface area contributed by atoms with Crippen molar-refractivity contribution in [1.82, 2.24) is 24.9 Å². The minimum atomic E-state index is -0.443. The third-order valence-electron chi connectivity index (χ3n) is 8.49. The van der Waals surface area contributed by atoms with Gasteiger partial charge in [0, 0.05) is 58.9 Å². The molecule has 0 radical (unpaired) electrons. The number of aliphatic hydroxyl groups is 1. The number of hydrogen-bond acceptors (Lipinski definition) is 8. The lowest BCUT2D eigenvalue weighted by atomic mass is 9.89. The first-order valence-electron chi connectivity index (χ1n) is 16.7. The van der Waals surface area contributed by atoms with Gasteiger partial charge in [0.2, 0.25) is 0 Å². The number of ether oxygens (including phenoxy) is 2. The van der Waals surface area contributed by atoms with Gasteiger partial charge in [-0.25, -0.2) is 0 Å². The molecule has 5 aliphatic rings. The van der Waals surface area contributed by atoms with E-state index in [4.69, 9.17) is 9.47 Å². The second-order valence-electron chi connectivity index (χ2n) is 11.9. The Balaban J connectivity index is 0.000000549. The molecular weight excluding hydrogens is 514 g/mol. The number of piperidine rings is 3. The van der Waals surface area contributed by atoms with Gasteiger partial charge in [0.05, 0.1) is 29.5 Å². The first-order chi connectivity index (χ1) is 19.6. The highest BCUT2D eigenvalue weighted by Gasteiger charge is 2.46. The minimum absolute atomic E-state index is 0.0956. The summed E-state index contributed by atoms with van der Waals surface area (Å²) < 4.78 is 11.6. The molecule has 0 aliphatic carbocycles. The summed E-state index contributed by atoms with van der Waals surface area (Å²) >= 11 is 0.